The van der Waals surface area contributed by atoms with Crippen molar-refractivity contribution < 1.29 is 14.0 Å². The third-order valence-electron chi connectivity index (χ3n) is 3.93. The van der Waals surface area contributed by atoms with Crippen LogP contribution in [0.1, 0.15) is 35.4 Å². The van der Waals surface area contributed by atoms with Gasteiger partial charge in [0, 0.05) is 6.54 Å². The topological polar surface area (TPSA) is 71.3 Å². The van der Waals surface area contributed by atoms with Crippen LogP contribution >= 0.6 is 11.8 Å². The van der Waals surface area contributed by atoms with E-state index in [1.807, 2.05) is 36.6 Å². The summed E-state index contributed by atoms with van der Waals surface area (Å²) in [6.45, 7) is 2.59. The van der Waals surface area contributed by atoms with Gasteiger partial charge in [-0.15, -0.1) is 0 Å². The molecule has 2 N–H and O–H groups in total. The van der Waals surface area contributed by atoms with E-state index in [2.05, 4.69) is 17.6 Å². The maximum atomic E-state index is 12.5. The summed E-state index contributed by atoms with van der Waals surface area (Å²) in [4.78, 5) is 24.7. The van der Waals surface area contributed by atoms with Crippen molar-refractivity contribution in [1.82, 2.24) is 10.6 Å². The predicted octanol–water partition coefficient (Wildman–Crippen LogP) is 3.05. The smallest absolute Gasteiger partial charge is 0.287 e. The van der Waals surface area contributed by atoms with Crippen molar-refractivity contribution in [2.24, 2.45) is 0 Å². The Balaban J connectivity index is 1.92. The maximum absolute atomic E-state index is 12.5. The van der Waals surface area contributed by atoms with Crippen molar-refractivity contribution in [3.8, 4) is 0 Å². The minimum absolute atomic E-state index is 0.170. The van der Waals surface area contributed by atoms with Crippen molar-refractivity contribution in [3.63, 3.8) is 0 Å². The van der Waals surface area contributed by atoms with Gasteiger partial charge in [-0.3, -0.25) is 9.59 Å². The van der Waals surface area contributed by atoms with E-state index in [4.69, 9.17) is 4.42 Å². The lowest BCUT2D eigenvalue weighted by molar-refractivity contribution is -0.123. The zero-order valence-corrected chi connectivity index (χ0v) is 15.3. The van der Waals surface area contributed by atoms with E-state index >= 15 is 0 Å². The Bertz CT molecular complexity index is 659. The van der Waals surface area contributed by atoms with Crippen LogP contribution in [0.15, 0.2) is 53.1 Å². The van der Waals surface area contributed by atoms with E-state index in [0.717, 1.165) is 5.75 Å². The molecule has 0 unspecified atom stereocenters. The second kappa shape index (κ2) is 9.93. The van der Waals surface area contributed by atoms with Gasteiger partial charge in [0.05, 0.1) is 6.26 Å². The Morgan fingerprint density at radius 2 is 1.92 bits per heavy atom. The molecule has 0 saturated carbocycles. The number of rotatable bonds is 9. The summed E-state index contributed by atoms with van der Waals surface area (Å²) < 4.78 is 5.09. The minimum atomic E-state index is -0.576. The Labute approximate surface area is 152 Å². The van der Waals surface area contributed by atoms with Crippen molar-refractivity contribution >= 4 is 23.6 Å². The Kier molecular flexibility index (Phi) is 7.60. The van der Waals surface area contributed by atoms with Crippen molar-refractivity contribution in [2.45, 2.75) is 25.3 Å². The minimum Gasteiger partial charge on any atom is -0.459 e. The second-order valence-electron chi connectivity index (χ2n) is 5.84. The average molecular weight is 360 g/mol. The number of hydrogen-bond donors (Lipinski definition) is 2. The van der Waals surface area contributed by atoms with E-state index in [-0.39, 0.29) is 23.5 Å². The van der Waals surface area contributed by atoms with Gasteiger partial charge in [0.1, 0.15) is 6.04 Å². The van der Waals surface area contributed by atoms with Gasteiger partial charge in [0.15, 0.2) is 5.76 Å². The molecule has 2 atom stereocenters. The zero-order chi connectivity index (χ0) is 18.1. The molecule has 2 amide bonds. The zero-order valence-electron chi connectivity index (χ0n) is 14.5. The summed E-state index contributed by atoms with van der Waals surface area (Å²) in [5.74, 6) is 0.649. The van der Waals surface area contributed by atoms with Crippen LogP contribution in [0.4, 0.5) is 0 Å². The van der Waals surface area contributed by atoms with Crippen molar-refractivity contribution in [3.05, 3.63) is 60.1 Å². The monoisotopic (exact) mass is 360 g/mol. The van der Waals surface area contributed by atoms with Crippen LogP contribution in [-0.2, 0) is 4.79 Å². The first-order chi connectivity index (χ1) is 12.1. The van der Waals surface area contributed by atoms with Gasteiger partial charge in [-0.25, -0.2) is 0 Å². The molecule has 0 fully saturated rings. The van der Waals surface area contributed by atoms with Gasteiger partial charge in [0.25, 0.3) is 5.91 Å². The largest absolute Gasteiger partial charge is 0.459 e. The van der Waals surface area contributed by atoms with Gasteiger partial charge in [-0.2, -0.15) is 11.8 Å². The number of hydrogen-bond acceptors (Lipinski definition) is 4. The fourth-order valence-electron chi connectivity index (χ4n) is 2.42. The lowest BCUT2D eigenvalue weighted by atomic mass is 10.0. The van der Waals surface area contributed by atoms with Gasteiger partial charge in [-0.1, -0.05) is 37.3 Å². The van der Waals surface area contributed by atoms with Crippen molar-refractivity contribution in [1.29, 1.82) is 0 Å². The normalized spacial score (nSPS) is 13.0. The van der Waals surface area contributed by atoms with E-state index in [1.165, 1.54) is 11.8 Å². The van der Waals surface area contributed by atoms with Crippen LogP contribution in [0, 0.1) is 0 Å². The molecule has 0 bridgehead atoms. The van der Waals surface area contributed by atoms with Crippen LogP contribution in [0.25, 0.3) is 0 Å². The van der Waals surface area contributed by atoms with Crippen LogP contribution in [0.2, 0.25) is 0 Å². The number of nitrogens with one attached hydrogen (secondary N) is 2. The lowest BCUT2D eigenvalue weighted by Crippen LogP contribution is -2.47. The molecule has 0 saturated heterocycles. The molecular weight excluding hydrogens is 336 g/mol. The molecule has 0 radical (unpaired) electrons. The number of carbonyl (C=O) groups is 2. The van der Waals surface area contributed by atoms with Gasteiger partial charge in [-0.05, 0) is 42.0 Å². The second-order valence-corrected chi connectivity index (χ2v) is 6.83. The quantitative estimate of drug-likeness (QED) is 0.721. The van der Waals surface area contributed by atoms with E-state index in [9.17, 15) is 9.59 Å². The average Bonchev–Trinajstić information content (AvgIpc) is 3.18. The maximum Gasteiger partial charge on any atom is 0.287 e. The fraction of sp³-hybridized carbons (Fsp3) is 0.368. The van der Waals surface area contributed by atoms with Crippen molar-refractivity contribution in [2.75, 3.05) is 18.6 Å². The predicted molar refractivity (Wildman–Crippen MR) is 101 cm³/mol. The molecule has 5 nitrogen and oxygen atoms in total. The van der Waals surface area contributed by atoms with E-state index in [1.54, 1.807) is 23.9 Å². The highest BCUT2D eigenvalue weighted by Gasteiger charge is 2.22. The standard InChI is InChI=1S/C19H24N2O3S/c1-14(15-7-4-3-5-8-15)13-20-18(22)16(10-12-25-2)21-19(23)17-9-6-11-24-17/h3-9,11,14,16H,10,12-13H2,1-2H3,(H,20,22)(H,21,23)/t14-,16+/m1/s1. The van der Waals surface area contributed by atoms with Gasteiger partial charge < -0.3 is 15.1 Å². The molecule has 2 rings (SSSR count). The molecule has 0 aliphatic rings. The Morgan fingerprint density at radius 3 is 2.56 bits per heavy atom. The number of furan rings is 1. The summed E-state index contributed by atoms with van der Waals surface area (Å²) in [7, 11) is 0. The molecule has 6 heteroatoms. The van der Waals surface area contributed by atoms with E-state index in [0.29, 0.717) is 13.0 Å². The molecule has 25 heavy (non-hydrogen) atoms. The SMILES string of the molecule is CSCC[C@H](NC(=O)c1ccco1)C(=O)NC[C@@H](C)c1ccccc1. The summed E-state index contributed by atoms with van der Waals surface area (Å²) in [6.07, 6.45) is 3.98. The number of amides is 2. The highest BCUT2D eigenvalue weighted by Crippen LogP contribution is 2.13. The molecule has 1 aromatic heterocycles. The van der Waals surface area contributed by atoms with Gasteiger partial charge >= 0.3 is 0 Å². The summed E-state index contributed by atoms with van der Waals surface area (Å²) in [6, 6.07) is 12.7. The van der Waals surface area contributed by atoms with Crippen LogP contribution in [0.5, 0.6) is 0 Å². The Morgan fingerprint density at radius 1 is 1.16 bits per heavy atom. The number of carbonyl (C=O) groups excluding carboxylic acids is 2. The summed E-state index contributed by atoms with van der Waals surface area (Å²) in [5.41, 5.74) is 1.17. The molecule has 134 valence electrons. The molecule has 1 heterocycles. The first-order valence-corrected chi connectivity index (χ1v) is 9.67. The van der Waals surface area contributed by atoms with Crippen LogP contribution in [0.3, 0.4) is 0 Å². The highest BCUT2D eigenvalue weighted by atomic mass is 32.2. The molecule has 2 aromatic rings. The molecule has 0 aliphatic carbocycles. The molecule has 0 spiro atoms. The molecular formula is C19H24N2O3S. The Hall–Kier alpha value is -2.21. The number of thioether (sulfide) groups is 1. The van der Waals surface area contributed by atoms with Gasteiger partial charge in [0.2, 0.25) is 5.91 Å². The number of benzene rings is 1. The molecule has 1 aromatic carbocycles. The summed E-state index contributed by atoms with van der Waals surface area (Å²) >= 11 is 1.64. The third kappa shape index (κ3) is 5.98. The first-order valence-electron chi connectivity index (χ1n) is 8.27. The van der Waals surface area contributed by atoms with E-state index < -0.39 is 6.04 Å². The molecule has 0 aliphatic heterocycles. The highest BCUT2D eigenvalue weighted by molar-refractivity contribution is 7.98. The fourth-order valence-corrected chi connectivity index (χ4v) is 2.89. The first kappa shape index (κ1) is 19.1. The summed E-state index contributed by atoms with van der Waals surface area (Å²) in [5, 5.41) is 5.71. The lowest BCUT2D eigenvalue weighted by Gasteiger charge is -2.19. The van der Waals surface area contributed by atoms with Crippen LogP contribution < -0.4 is 10.6 Å². The van der Waals surface area contributed by atoms with Crippen LogP contribution in [-0.4, -0.2) is 36.4 Å². The third-order valence-corrected chi connectivity index (χ3v) is 4.57.